The van der Waals surface area contributed by atoms with Gasteiger partial charge in [0.2, 0.25) is 0 Å². The third-order valence-electron chi connectivity index (χ3n) is 5.52. The predicted molar refractivity (Wildman–Crippen MR) is 97.9 cm³/mol. The number of carbonyl (C=O) groups is 1. The van der Waals surface area contributed by atoms with Crippen LogP contribution in [0.5, 0.6) is 0 Å². The van der Waals surface area contributed by atoms with Crippen LogP contribution in [0, 0.1) is 19.8 Å². The van der Waals surface area contributed by atoms with Gasteiger partial charge in [0, 0.05) is 37.9 Å². The van der Waals surface area contributed by atoms with Crippen LogP contribution in [-0.2, 0) is 10.3 Å². The molecule has 6 nitrogen and oxygen atoms in total. The second kappa shape index (κ2) is 6.72. The van der Waals surface area contributed by atoms with E-state index < -0.39 is 0 Å². The van der Waals surface area contributed by atoms with Crippen molar-refractivity contribution in [3.8, 4) is 0 Å². The summed E-state index contributed by atoms with van der Waals surface area (Å²) in [6.07, 6.45) is 0. The summed E-state index contributed by atoms with van der Waals surface area (Å²) < 4.78 is 7.45. The Balaban J connectivity index is 1.79. The Morgan fingerprint density at radius 3 is 2.36 bits per heavy atom. The molecule has 3 heterocycles. The maximum atomic E-state index is 13.2. The number of rotatable bonds is 2. The standard InChI is InChI=1S/C19H32N4O2/c1-13-11-22(12-16(13)21-7-9-25-10-8-21)18(24)17-14(2)20-23(15(17)3)19(4,5)6/h13,16H,7-12H2,1-6H3/t13-,16-/m0/s1. The van der Waals surface area contributed by atoms with Crippen molar-refractivity contribution in [3.05, 3.63) is 17.0 Å². The van der Waals surface area contributed by atoms with E-state index in [-0.39, 0.29) is 11.4 Å². The van der Waals surface area contributed by atoms with Crippen LogP contribution < -0.4 is 0 Å². The SMILES string of the molecule is Cc1nn(C(C)(C)C)c(C)c1C(=O)N1C[C@H](C)[C@@H](N2CCOCC2)C1. The summed E-state index contributed by atoms with van der Waals surface area (Å²) in [5.74, 6) is 0.619. The number of carbonyl (C=O) groups excluding carboxylic acids is 1. The van der Waals surface area contributed by atoms with E-state index in [9.17, 15) is 4.79 Å². The number of morpholine rings is 1. The monoisotopic (exact) mass is 348 g/mol. The molecule has 3 rings (SSSR count). The van der Waals surface area contributed by atoms with Crippen molar-refractivity contribution in [3.63, 3.8) is 0 Å². The number of amides is 1. The van der Waals surface area contributed by atoms with Gasteiger partial charge in [0.1, 0.15) is 0 Å². The zero-order valence-electron chi connectivity index (χ0n) is 16.5. The van der Waals surface area contributed by atoms with Crippen molar-refractivity contribution >= 4 is 5.91 Å². The molecule has 2 atom stereocenters. The Hall–Kier alpha value is -1.40. The van der Waals surface area contributed by atoms with Crippen molar-refractivity contribution in [1.82, 2.24) is 19.6 Å². The van der Waals surface area contributed by atoms with Gasteiger partial charge in [0.25, 0.3) is 5.91 Å². The number of aryl methyl sites for hydroxylation is 1. The average Bonchev–Trinajstić information content (AvgIpc) is 3.07. The smallest absolute Gasteiger partial charge is 0.257 e. The number of ether oxygens (including phenoxy) is 1. The Morgan fingerprint density at radius 1 is 1.16 bits per heavy atom. The summed E-state index contributed by atoms with van der Waals surface area (Å²) in [6, 6.07) is 0.436. The molecule has 0 N–H and O–H groups in total. The molecule has 2 fully saturated rings. The fourth-order valence-corrected chi connectivity index (χ4v) is 4.26. The van der Waals surface area contributed by atoms with Crippen LogP contribution in [-0.4, -0.2) is 70.9 Å². The molecule has 2 aliphatic rings. The van der Waals surface area contributed by atoms with Gasteiger partial charge < -0.3 is 9.64 Å². The third kappa shape index (κ3) is 3.47. The largest absolute Gasteiger partial charge is 0.379 e. The Kier molecular flexibility index (Phi) is 4.95. The molecule has 2 saturated heterocycles. The normalized spacial score (nSPS) is 25.6. The van der Waals surface area contributed by atoms with E-state index in [0.29, 0.717) is 12.0 Å². The Labute approximate surface area is 151 Å². The molecule has 1 aromatic rings. The highest BCUT2D eigenvalue weighted by molar-refractivity contribution is 5.96. The molecule has 1 amide bonds. The lowest BCUT2D eigenvalue weighted by molar-refractivity contribution is 0.0119. The Morgan fingerprint density at radius 2 is 1.80 bits per heavy atom. The summed E-state index contributed by atoms with van der Waals surface area (Å²) in [7, 11) is 0. The van der Waals surface area contributed by atoms with Crippen molar-refractivity contribution in [1.29, 1.82) is 0 Å². The number of hydrogen-bond donors (Lipinski definition) is 0. The highest BCUT2D eigenvalue weighted by Gasteiger charge is 2.38. The van der Waals surface area contributed by atoms with E-state index in [4.69, 9.17) is 4.74 Å². The zero-order valence-corrected chi connectivity index (χ0v) is 16.5. The van der Waals surface area contributed by atoms with E-state index >= 15 is 0 Å². The lowest BCUT2D eigenvalue weighted by Crippen LogP contribution is -2.47. The topological polar surface area (TPSA) is 50.6 Å². The lowest BCUT2D eigenvalue weighted by Gasteiger charge is -2.34. The first-order valence-corrected chi connectivity index (χ1v) is 9.38. The van der Waals surface area contributed by atoms with Gasteiger partial charge in [0.05, 0.1) is 30.0 Å². The van der Waals surface area contributed by atoms with Crippen LogP contribution >= 0.6 is 0 Å². The fraction of sp³-hybridized carbons (Fsp3) is 0.789. The molecular formula is C19H32N4O2. The van der Waals surface area contributed by atoms with Gasteiger partial charge in [-0.2, -0.15) is 5.10 Å². The molecular weight excluding hydrogens is 316 g/mol. The molecule has 0 saturated carbocycles. The number of nitrogens with zero attached hydrogens (tertiary/aromatic N) is 4. The molecule has 6 heteroatoms. The average molecular weight is 348 g/mol. The number of aromatic nitrogens is 2. The van der Waals surface area contributed by atoms with E-state index in [1.54, 1.807) is 0 Å². The summed E-state index contributed by atoms with van der Waals surface area (Å²) in [4.78, 5) is 17.7. The van der Waals surface area contributed by atoms with E-state index in [1.807, 2.05) is 23.4 Å². The number of hydrogen-bond acceptors (Lipinski definition) is 4. The van der Waals surface area contributed by atoms with Crippen molar-refractivity contribution in [2.24, 2.45) is 5.92 Å². The van der Waals surface area contributed by atoms with Gasteiger partial charge >= 0.3 is 0 Å². The van der Waals surface area contributed by atoms with Gasteiger partial charge in [0.15, 0.2) is 0 Å². The fourth-order valence-electron chi connectivity index (χ4n) is 4.26. The van der Waals surface area contributed by atoms with Crippen molar-refractivity contribution in [2.45, 2.75) is 53.1 Å². The minimum absolute atomic E-state index is 0.123. The molecule has 0 radical (unpaired) electrons. The van der Waals surface area contributed by atoms with Crippen molar-refractivity contribution < 1.29 is 9.53 Å². The van der Waals surface area contributed by atoms with Gasteiger partial charge in [-0.3, -0.25) is 14.4 Å². The van der Waals surface area contributed by atoms with Crippen LogP contribution in [0.3, 0.4) is 0 Å². The molecule has 0 unspecified atom stereocenters. The molecule has 0 aliphatic carbocycles. The van der Waals surface area contributed by atoms with Crippen molar-refractivity contribution in [2.75, 3.05) is 39.4 Å². The van der Waals surface area contributed by atoms with Gasteiger partial charge in [-0.25, -0.2) is 0 Å². The highest BCUT2D eigenvalue weighted by atomic mass is 16.5. The van der Waals surface area contributed by atoms with Crippen LogP contribution in [0.1, 0.15) is 49.4 Å². The first-order valence-electron chi connectivity index (χ1n) is 9.38. The minimum Gasteiger partial charge on any atom is -0.379 e. The van der Waals surface area contributed by atoms with Gasteiger partial charge in [-0.05, 0) is 40.5 Å². The molecule has 0 spiro atoms. The quantitative estimate of drug-likeness (QED) is 0.821. The van der Waals surface area contributed by atoms with Gasteiger partial charge in [-0.1, -0.05) is 6.92 Å². The number of likely N-dealkylation sites (tertiary alicyclic amines) is 1. The second-order valence-electron chi connectivity index (χ2n) is 8.53. The zero-order chi connectivity index (χ0) is 18.4. The molecule has 25 heavy (non-hydrogen) atoms. The van der Waals surface area contributed by atoms with Crippen LogP contribution in [0.2, 0.25) is 0 Å². The molecule has 1 aromatic heterocycles. The third-order valence-corrected chi connectivity index (χ3v) is 5.52. The molecule has 0 aromatic carbocycles. The Bertz CT molecular complexity index is 641. The molecule has 140 valence electrons. The summed E-state index contributed by atoms with van der Waals surface area (Å²) in [5, 5.41) is 4.64. The van der Waals surface area contributed by atoms with Gasteiger partial charge in [-0.15, -0.1) is 0 Å². The second-order valence-corrected chi connectivity index (χ2v) is 8.53. The minimum atomic E-state index is -0.123. The van der Waals surface area contributed by atoms with E-state index in [2.05, 4.69) is 37.7 Å². The van der Waals surface area contributed by atoms with E-state index in [1.165, 1.54) is 0 Å². The van der Waals surface area contributed by atoms with Crippen LogP contribution in [0.15, 0.2) is 0 Å². The summed E-state index contributed by atoms with van der Waals surface area (Å²) in [6.45, 7) is 17.7. The van der Waals surface area contributed by atoms with Crippen LogP contribution in [0.4, 0.5) is 0 Å². The lowest BCUT2D eigenvalue weighted by atomic mass is 10.0. The first-order chi connectivity index (χ1) is 11.7. The summed E-state index contributed by atoms with van der Waals surface area (Å²) >= 11 is 0. The summed E-state index contributed by atoms with van der Waals surface area (Å²) in [5.41, 5.74) is 2.46. The predicted octanol–water partition coefficient (Wildman–Crippen LogP) is 2.05. The van der Waals surface area contributed by atoms with E-state index in [0.717, 1.165) is 56.3 Å². The molecule has 2 aliphatic heterocycles. The first kappa shape index (κ1) is 18.4. The highest BCUT2D eigenvalue weighted by Crippen LogP contribution is 2.27. The maximum absolute atomic E-state index is 13.2. The molecule has 0 bridgehead atoms. The van der Waals surface area contributed by atoms with Crippen LogP contribution in [0.25, 0.3) is 0 Å². The maximum Gasteiger partial charge on any atom is 0.257 e.